The van der Waals surface area contributed by atoms with Crippen molar-refractivity contribution in [1.82, 2.24) is 0 Å². The summed E-state index contributed by atoms with van der Waals surface area (Å²) < 4.78 is 10.9. The number of anilines is 1. The number of carbonyl (C=O) groups excluding carboxylic acids is 2. The molecule has 1 atom stereocenters. The first-order valence-corrected chi connectivity index (χ1v) is 9.89. The molecule has 30 heavy (non-hydrogen) atoms. The molecule has 5 heteroatoms. The predicted molar refractivity (Wildman–Crippen MR) is 115 cm³/mol. The van der Waals surface area contributed by atoms with E-state index < -0.39 is 0 Å². The molecule has 3 aromatic rings. The minimum Gasteiger partial charge on any atom is -0.491 e. The van der Waals surface area contributed by atoms with Gasteiger partial charge in [0, 0.05) is 11.1 Å². The Morgan fingerprint density at radius 3 is 2.07 bits per heavy atom. The van der Waals surface area contributed by atoms with Gasteiger partial charge in [0.05, 0.1) is 12.3 Å². The van der Waals surface area contributed by atoms with Crippen LogP contribution in [0.25, 0.3) is 0 Å². The third-order valence-corrected chi connectivity index (χ3v) is 5.00. The highest BCUT2D eigenvalue weighted by Crippen LogP contribution is 2.27. The van der Waals surface area contributed by atoms with Gasteiger partial charge in [0.1, 0.15) is 18.5 Å². The van der Waals surface area contributed by atoms with E-state index in [9.17, 15) is 9.59 Å². The standard InChI is InChI=1S/C25H23NO4/c1-17-13-21(29-15-22-16-30-22)14-18(2)23(17)25(28)26(20-11-7-4-8-12-20)24(27)19-9-5-3-6-10-19/h3-14,22H,15-16H2,1-2H3. The lowest BCUT2D eigenvalue weighted by molar-refractivity contribution is 0.0897. The van der Waals surface area contributed by atoms with Gasteiger partial charge in [0.15, 0.2) is 0 Å². The number of rotatable bonds is 6. The molecule has 0 aliphatic carbocycles. The summed E-state index contributed by atoms with van der Waals surface area (Å²) in [6.07, 6.45) is 0.156. The molecule has 1 fully saturated rings. The Morgan fingerprint density at radius 2 is 1.50 bits per heavy atom. The van der Waals surface area contributed by atoms with Crippen LogP contribution in [0.1, 0.15) is 31.8 Å². The highest BCUT2D eigenvalue weighted by molar-refractivity contribution is 6.26. The third kappa shape index (κ3) is 4.26. The molecule has 0 bridgehead atoms. The summed E-state index contributed by atoms with van der Waals surface area (Å²) >= 11 is 0. The van der Waals surface area contributed by atoms with Crippen LogP contribution in [0, 0.1) is 13.8 Å². The van der Waals surface area contributed by atoms with Gasteiger partial charge in [0.25, 0.3) is 11.8 Å². The second-order valence-corrected chi connectivity index (χ2v) is 7.35. The van der Waals surface area contributed by atoms with E-state index in [1.54, 1.807) is 36.4 Å². The van der Waals surface area contributed by atoms with E-state index >= 15 is 0 Å². The fraction of sp³-hybridized carbons (Fsp3) is 0.200. The molecular weight excluding hydrogens is 378 g/mol. The summed E-state index contributed by atoms with van der Waals surface area (Å²) in [7, 11) is 0. The molecule has 0 aromatic heterocycles. The molecular formula is C25H23NO4. The van der Waals surface area contributed by atoms with Crippen LogP contribution in [0.15, 0.2) is 72.8 Å². The molecule has 0 radical (unpaired) electrons. The van der Waals surface area contributed by atoms with E-state index in [0.29, 0.717) is 29.2 Å². The van der Waals surface area contributed by atoms with E-state index in [0.717, 1.165) is 17.7 Å². The average molecular weight is 401 g/mol. The van der Waals surface area contributed by atoms with Crippen molar-refractivity contribution in [1.29, 1.82) is 0 Å². The van der Waals surface area contributed by atoms with Gasteiger partial charge in [-0.1, -0.05) is 36.4 Å². The third-order valence-electron chi connectivity index (χ3n) is 5.00. The Balaban J connectivity index is 1.70. The minimum atomic E-state index is -0.364. The number of hydrogen-bond acceptors (Lipinski definition) is 4. The SMILES string of the molecule is Cc1cc(OCC2CO2)cc(C)c1C(=O)N(C(=O)c1ccccc1)c1ccccc1. The lowest BCUT2D eigenvalue weighted by Crippen LogP contribution is -2.37. The number of epoxide rings is 1. The van der Waals surface area contributed by atoms with E-state index in [1.807, 2.05) is 50.2 Å². The zero-order valence-electron chi connectivity index (χ0n) is 17.0. The van der Waals surface area contributed by atoms with E-state index in [2.05, 4.69) is 0 Å². The van der Waals surface area contributed by atoms with Gasteiger partial charge < -0.3 is 9.47 Å². The molecule has 0 saturated carbocycles. The van der Waals surface area contributed by atoms with Gasteiger partial charge in [-0.05, 0) is 61.4 Å². The van der Waals surface area contributed by atoms with E-state index in [-0.39, 0.29) is 17.9 Å². The van der Waals surface area contributed by atoms with E-state index in [4.69, 9.17) is 9.47 Å². The average Bonchev–Trinajstić information content (AvgIpc) is 3.58. The maximum absolute atomic E-state index is 13.6. The van der Waals surface area contributed by atoms with Gasteiger partial charge in [-0.25, -0.2) is 4.90 Å². The van der Waals surface area contributed by atoms with E-state index in [1.165, 1.54) is 4.90 Å². The highest BCUT2D eigenvalue weighted by Gasteiger charge is 2.28. The highest BCUT2D eigenvalue weighted by atomic mass is 16.6. The molecule has 1 aliphatic rings. The van der Waals surface area contributed by atoms with Crippen molar-refractivity contribution < 1.29 is 19.1 Å². The Kier molecular flexibility index (Phi) is 5.63. The summed E-state index contributed by atoms with van der Waals surface area (Å²) in [4.78, 5) is 28.2. The molecule has 4 rings (SSSR count). The fourth-order valence-electron chi connectivity index (χ4n) is 3.42. The Morgan fingerprint density at radius 1 is 0.933 bits per heavy atom. The summed E-state index contributed by atoms with van der Waals surface area (Å²) in [5, 5.41) is 0. The number of ether oxygens (including phenoxy) is 2. The normalized spacial score (nSPS) is 14.8. The van der Waals surface area contributed by atoms with Gasteiger partial charge in [0.2, 0.25) is 0 Å². The molecule has 1 saturated heterocycles. The molecule has 1 heterocycles. The largest absolute Gasteiger partial charge is 0.491 e. The number of imide groups is 1. The lowest BCUT2D eigenvalue weighted by Gasteiger charge is -2.23. The van der Waals surface area contributed by atoms with Crippen molar-refractivity contribution in [3.8, 4) is 5.75 Å². The Bertz CT molecular complexity index is 1040. The number of hydrogen-bond donors (Lipinski definition) is 0. The van der Waals surface area contributed by atoms with Crippen molar-refractivity contribution >= 4 is 17.5 Å². The molecule has 0 N–H and O–H groups in total. The molecule has 2 amide bonds. The topological polar surface area (TPSA) is 59.1 Å². The molecule has 0 spiro atoms. The number of aryl methyl sites for hydroxylation is 2. The lowest BCUT2D eigenvalue weighted by atomic mass is 10.00. The molecule has 1 unspecified atom stereocenters. The van der Waals surface area contributed by atoms with Crippen molar-refractivity contribution in [2.75, 3.05) is 18.1 Å². The van der Waals surface area contributed by atoms with Crippen LogP contribution in [-0.4, -0.2) is 31.1 Å². The quantitative estimate of drug-likeness (QED) is 0.449. The van der Waals surface area contributed by atoms with Crippen LogP contribution in [0.5, 0.6) is 5.75 Å². The van der Waals surface area contributed by atoms with Crippen LogP contribution in [0.2, 0.25) is 0 Å². The maximum atomic E-state index is 13.6. The summed E-state index contributed by atoms with van der Waals surface area (Å²) in [5.74, 6) is -0.0309. The zero-order valence-corrected chi connectivity index (χ0v) is 17.0. The predicted octanol–water partition coefficient (Wildman–Crippen LogP) is 4.57. The maximum Gasteiger partial charge on any atom is 0.265 e. The van der Waals surface area contributed by atoms with Crippen LogP contribution in [0.4, 0.5) is 5.69 Å². The number of nitrogens with zero attached hydrogens (tertiary/aromatic N) is 1. The first-order chi connectivity index (χ1) is 14.5. The smallest absolute Gasteiger partial charge is 0.265 e. The number of amides is 2. The van der Waals surface area contributed by atoms with Gasteiger partial charge in [-0.15, -0.1) is 0 Å². The van der Waals surface area contributed by atoms with Gasteiger partial charge in [-0.3, -0.25) is 9.59 Å². The van der Waals surface area contributed by atoms with Crippen LogP contribution in [0.3, 0.4) is 0 Å². The van der Waals surface area contributed by atoms with Crippen LogP contribution in [-0.2, 0) is 4.74 Å². The Labute approximate surface area is 175 Å². The second kappa shape index (κ2) is 8.51. The fourth-order valence-corrected chi connectivity index (χ4v) is 3.42. The Hall–Kier alpha value is -3.44. The van der Waals surface area contributed by atoms with Gasteiger partial charge >= 0.3 is 0 Å². The zero-order chi connectivity index (χ0) is 21.1. The number of carbonyl (C=O) groups is 2. The second-order valence-electron chi connectivity index (χ2n) is 7.35. The molecule has 3 aromatic carbocycles. The summed E-state index contributed by atoms with van der Waals surface area (Å²) in [6, 6.07) is 21.5. The monoisotopic (exact) mass is 401 g/mol. The van der Waals surface area contributed by atoms with Crippen LogP contribution < -0.4 is 9.64 Å². The summed E-state index contributed by atoms with van der Waals surface area (Å²) in [6.45, 7) is 4.94. The van der Waals surface area contributed by atoms with Crippen molar-refractivity contribution in [2.24, 2.45) is 0 Å². The molecule has 5 nitrogen and oxygen atoms in total. The van der Waals surface area contributed by atoms with Crippen molar-refractivity contribution in [2.45, 2.75) is 20.0 Å². The number of para-hydroxylation sites is 1. The molecule has 152 valence electrons. The minimum absolute atomic E-state index is 0.156. The van der Waals surface area contributed by atoms with Crippen molar-refractivity contribution in [3.63, 3.8) is 0 Å². The summed E-state index contributed by atoms with van der Waals surface area (Å²) in [5.41, 5.74) is 3.00. The van der Waals surface area contributed by atoms with Crippen molar-refractivity contribution in [3.05, 3.63) is 95.1 Å². The first-order valence-electron chi connectivity index (χ1n) is 9.89. The van der Waals surface area contributed by atoms with Crippen LogP contribution >= 0.6 is 0 Å². The van der Waals surface area contributed by atoms with Gasteiger partial charge in [-0.2, -0.15) is 0 Å². The number of benzene rings is 3. The first kappa shape index (κ1) is 19.9. The molecule has 1 aliphatic heterocycles.